The average molecular weight is 313 g/mol. The van der Waals surface area contributed by atoms with Crippen molar-refractivity contribution < 1.29 is 17.9 Å². The van der Waals surface area contributed by atoms with Gasteiger partial charge in [-0.2, -0.15) is 8.78 Å². The first-order valence-electron chi connectivity index (χ1n) is 6.48. The van der Waals surface area contributed by atoms with E-state index in [1.165, 1.54) is 7.11 Å². The third-order valence-corrected chi connectivity index (χ3v) is 3.84. The van der Waals surface area contributed by atoms with Crippen molar-refractivity contribution in [1.82, 2.24) is 5.32 Å². The molecule has 1 atom stereocenters. The summed E-state index contributed by atoms with van der Waals surface area (Å²) >= 11 is 0.488. The third kappa shape index (κ3) is 4.47. The standard InChI is InChI=1S/C15H17F2NO2S/c1-10(18-9-12-4-3-7-20-12)11-5-6-14(21-15(16)17)13(8-11)19-2/h3-8,10,15,18H,9H2,1-2H3/t10-/m1/s1. The van der Waals surface area contributed by atoms with Gasteiger partial charge in [-0.25, -0.2) is 0 Å². The topological polar surface area (TPSA) is 34.4 Å². The minimum absolute atomic E-state index is 0.0506. The fraction of sp³-hybridized carbons (Fsp3) is 0.333. The average Bonchev–Trinajstić information content (AvgIpc) is 2.98. The number of halogens is 2. The summed E-state index contributed by atoms with van der Waals surface area (Å²) in [6.45, 7) is 2.60. The summed E-state index contributed by atoms with van der Waals surface area (Å²) in [6, 6.07) is 9.05. The molecule has 0 radical (unpaired) electrons. The van der Waals surface area contributed by atoms with E-state index in [-0.39, 0.29) is 6.04 Å². The zero-order valence-electron chi connectivity index (χ0n) is 11.8. The molecule has 1 aromatic carbocycles. The predicted octanol–water partition coefficient (Wildman–Crippen LogP) is 4.45. The van der Waals surface area contributed by atoms with Crippen LogP contribution < -0.4 is 10.1 Å². The van der Waals surface area contributed by atoms with Crippen LogP contribution in [-0.2, 0) is 6.54 Å². The van der Waals surface area contributed by atoms with Crippen LogP contribution in [0.25, 0.3) is 0 Å². The van der Waals surface area contributed by atoms with Crippen molar-refractivity contribution in [3.63, 3.8) is 0 Å². The van der Waals surface area contributed by atoms with Crippen molar-refractivity contribution in [2.45, 2.75) is 30.2 Å². The Kier molecular flexibility index (Phi) is 5.64. The predicted molar refractivity (Wildman–Crippen MR) is 78.8 cm³/mol. The summed E-state index contributed by atoms with van der Waals surface area (Å²) < 4.78 is 35.4. The van der Waals surface area contributed by atoms with Crippen LogP contribution in [0.3, 0.4) is 0 Å². The zero-order valence-corrected chi connectivity index (χ0v) is 12.6. The lowest BCUT2D eigenvalue weighted by molar-refractivity contribution is 0.251. The van der Waals surface area contributed by atoms with E-state index in [4.69, 9.17) is 9.15 Å². The quantitative estimate of drug-likeness (QED) is 0.766. The first-order valence-corrected chi connectivity index (χ1v) is 7.36. The number of benzene rings is 1. The van der Waals surface area contributed by atoms with E-state index in [0.717, 1.165) is 11.3 Å². The summed E-state index contributed by atoms with van der Waals surface area (Å²) in [7, 11) is 1.48. The molecule has 0 aliphatic rings. The molecule has 0 unspecified atom stereocenters. The van der Waals surface area contributed by atoms with Gasteiger partial charge in [-0.15, -0.1) is 0 Å². The largest absolute Gasteiger partial charge is 0.496 e. The number of furan rings is 1. The van der Waals surface area contributed by atoms with Crippen molar-refractivity contribution in [3.05, 3.63) is 47.9 Å². The van der Waals surface area contributed by atoms with Gasteiger partial charge in [0.2, 0.25) is 0 Å². The second-order valence-electron chi connectivity index (χ2n) is 4.47. The monoisotopic (exact) mass is 313 g/mol. The number of ether oxygens (including phenoxy) is 1. The van der Waals surface area contributed by atoms with Crippen molar-refractivity contribution in [3.8, 4) is 5.75 Å². The molecule has 3 nitrogen and oxygen atoms in total. The Labute approximate surface area is 126 Å². The molecule has 1 aromatic heterocycles. The molecule has 0 spiro atoms. The normalized spacial score (nSPS) is 12.6. The molecule has 0 amide bonds. The molecule has 6 heteroatoms. The Bertz CT molecular complexity index is 561. The molecular formula is C15H17F2NO2S. The summed E-state index contributed by atoms with van der Waals surface area (Å²) in [5.41, 5.74) is 0.969. The smallest absolute Gasteiger partial charge is 0.289 e. The number of hydrogen-bond donors (Lipinski definition) is 1. The van der Waals surface area contributed by atoms with E-state index in [9.17, 15) is 8.78 Å². The molecular weight excluding hydrogens is 296 g/mol. The second kappa shape index (κ2) is 7.47. The first-order chi connectivity index (χ1) is 10.1. The molecule has 2 rings (SSSR count). The van der Waals surface area contributed by atoms with Crippen molar-refractivity contribution in [1.29, 1.82) is 0 Å². The van der Waals surface area contributed by atoms with E-state index in [0.29, 0.717) is 29.0 Å². The van der Waals surface area contributed by atoms with Gasteiger partial charge in [0.15, 0.2) is 0 Å². The van der Waals surface area contributed by atoms with Crippen LogP contribution in [0.4, 0.5) is 8.78 Å². The number of thioether (sulfide) groups is 1. The lowest BCUT2D eigenvalue weighted by atomic mass is 10.1. The highest BCUT2D eigenvalue weighted by atomic mass is 32.2. The van der Waals surface area contributed by atoms with E-state index >= 15 is 0 Å². The zero-order chi connectivity index (χ0) is 15.2. The van der Waals surface area contributed by atoms with Crippen LogP contribution in [0, 0.1) is 0 Å². The van der Waals surface area contributed by atoms with Crippen molar-refractivity contribution in [2.24, 2.45) is 0 Å². The van der Waals surface area contributed by atoms with Crippen LogP contribution in [0.1, 0.15) is 24.3 Å². The summed E-state index contributed by atoms with van der Waals surface area (Å²) in [5.74, 6) is -1.15. The highest BCUT2D eigenvalue weighted by Gasteiger charge is 2.13. The molecule has 1 heterocycles. The van der Waals surface area contributed by atoms with Gasteiger partial charge in [0, 0.05) is 6.04 Å². The SMILES string of the molecule is COc1cc([C@@H](C)NCc2ccco2)ccc1SC(F)F. The van der Waals surface area contributed by atoms with E-state index in [1.54, 1.807) is 18.4 Å². The highest BCUT2D eigenvalue weighted by molar-refractivity contribution is 7.99. The molecule has 0 fully saturated rings. The molecule has 0 saturated carbocycles. The number of alkyl halides is 2. The van der Waals surface area contributed by atoms with Gasteiger partial charge in [-0.05, 0) is 36.8 Å². The molecule has 0 bridgehead atoms. The number of rotatable bonds is 7. The molecule has 2 aromatic rings. The molecule has 0 aliphatic carbocycles. The fourth-order valence-corrected chi connectivity index (χ4v) is 2.53. The van der Waals surface area contributed by atoms with Gasteiger partial charge >= 0.3 is 0 Å². The van der Waals surface area contributed by atoms with Gasteiger partial charge in [0.05, 0.1) is 24.8 Å². The Morgan fingerprint density at radius 3 is 2.76 bits per heavy atom. The van der Waals surface area contributed by atoms with Crippen LogP contribution >= 0.6 is 11.8 Å². The minimum atomic E-state index is -2.46. The van der Waals surface area contributed by atoms with Gasteiger partial charge < -0.3 is 14.5 Å². The summed E-state index contributed by atoms with van der Waals surface area (Å²) in [6.07, 6.45) is 1.63. The third-order valence-electron chi connectivity index (χ3n) is 3.07. The number of nitrogens with one attached hydrogen (secondary N) is 1. The first kappa shape index (κ1) is 15.9. The van der Waals surface area contributed by atoms with Gasteiger partial charge in [-0.1, -0.05) is 17.8 Å². The second-order valence-corrected chi connectivity index (χ2v) is 5.50. The minimum Gasteiger partial charge on any atom is -0.496 e. The lowest BCUT2D eigenvalue weighted by Gasteiger charge is -2.16. The van der Waals surface area contributed by atoms with Gasteiger partial charge in [0.25, 0.3) is 5.76 Å². The van der Waals surface area contributed by atoms with Gasteiger partial charge in [-0.3, -0.25) is 0 Å². The number of hydrogen-bond acceptors (Lipinski definition) is 4. The van der Waals surface area contributed by atoms with Crippen LogP contribution in [0.2, 0.25) is 0 Å². The van der Waals surface area contributed by atoms with Crippen LogP contribution in [0.5, 0.6) is 5.75 Å². The van der Waals surface area contributed by atoms with Gasteiger partial charge in [0.1, 0.15) is 11.5 Å². The number of methoxy groups -OCH3 is 1. The molecule has 0 aliphatic heterocycles. The maximum atomic E-state index is 12.5. The summed E-state index contributed by atoms with van der Waals surface area (Å²) in [5, 5.41) is 3.31. The van der Waals surface area contributed by atoms with E-state index < -0.39 is 5.76 Å². The Morgan fingerprint density at radius 2 is 2.14 bits per heavy atom. The highest BCUT2D eigenvalue weighted by Crippen LogP contribution is 2.35. The van der Waals surface area contributed by atoms with E-state index in [1.807, 2.05) is 25.1 Å². The molecule has 114 valence electrons. The van der Waals surface area contributed by atoms with E-state index in [2.05, 4.69) is 5.32 Å². The van der Waals surface area contributed by atoms with Crippen LogP contribution in [-0.4, -0.2) is 12.9 Å². The van der Waals surface area contributed by atoms with Crippen molar-refractivity contribution >= 4 is 11.8 Å². The summed E-state index contributed by atoms with van der Waals surface area (Å²) in [4.78, 5) is 0.439. The fourth-order valence-electron chi connectivity index (χ4n) is 1.93. The van der Waals surface area contributed by atoms with Crippen molar-refractivity contribution in [2.75, 3.05) is 7.11 Å². The maximum absolute atomic E-state index is 12.5. The molecule has 0 saturated heterocycles. The molecule has 1 N–H and O–H groups in total. The van der Waals surface area contributed by atoms with Crippen LogP contribution in [0.15, 0.2) is 45.9 Å². The molecule has 21 heavy (non-hydrogen) atoms. The Balaban J connectivity index is 2.05. The lowest BCUT2D eigenvalue weighted by Crippen LogP contribution is -2.17. The maximum Gasteiger partial charge on any atom is 0.289 e. The Hall–Kier alpha value is -1.53. The Morgan fingerprint density at radius 1 is 1.33 bits per heavy atom.